The van der Waals surface area contributed by atoms with Gasteiger partial charge in [-0.2, -0.15) is 0 Å². The Balaban J connectivity index is 0.00000196. The van der Waals surface area contributed by atoms with Gasteiger partial charge in [-0.15, -0.1) is 24.2 Å². The van der Waals surface area contributed by atoms with Gasteiger partial charge in [-0.05, 0) is 37.9 Å². The number of nitrogens with one attached hydrogen (secondary N) is 2. The lowest BCUT2D eigenvalue weighted by Crippen LogP contribution is -2.43. The average molecular weight is 396 g/mol. The number of nitrogens with zero attached hydrogens (tertiary/aromatic N) is 2. The van der Waals surface area contributed by atoms with Gasteiger partial charge in [0, 0.05) is 42.8 Å². The summed E-state index contributed by atoms with van der Waals surface area (Å²) in [6, 6.07) is 0.193. The van der Waals surface area contributed by atoms with E-state index in [0.29, 0.717) is 12.3 Å². The molecule has 1 saturated heterocycles. The van der Waals surface area contributed by atoms with Crippen LogP contribution in [0.2, 0.25) is 0 Å². The van der Waals surface area contributed by atoms with Gasteiger partial charge < -0.3 is 20.9 Å². The molecule has 142 valence electrons. The second-order valence-electron chi connectivity index (χ2n) is 7.15. The third-order valence-corrected chi connectivity index (χ3v) is 5.82. The van der Waals surface area contributed by atoms with Gasteiger partial charge in [-0.1, -0.05) is 0 Å². The molecule has 0 spiro atoms. The van der Waals surface area contributed by atoms with Gasteiger partial charge in [0.05, 0.1) is 16.8 Å². The first-order valence-electron chi connectivity index (χ1n) is 9.00. The highest BCUT2D eigenvalue weighted by Crippen LogP contribution is 2.40. The van der Waals surface area contributed by atoms with E-state index in [4.69, 9.17) is 5.73 Å². The molecular formula is C18H26ClN5OS. The minimum atomic E-state index is 0. The quantitative estimate of drug-likeness (QED) is 0.675. The highest BCUT2D eigenvalue weighted by molar-refractivity contribution is 7.98. The van der Waals surface area contributed by atoms with Crippen molar-refractivity contribution < 1.29 is 4.79 Å². The van der Waals surface area contributed by atoms with Crippen LogP contribution < -0.4 is 16.0 Å². The molecule has 1 atom stereocenters. The number of hydrogen-bond acceptors (Lipinski definition) is 5. The van der Waals surface area contributed by atoms with Gasteiger partial charge in [-0.3, -0.25) is 4.79 Å². The molecule has 26 heavy (non-hydrogen) atoms. The van der Waals surface area contributed by atoms with Crippen LogP contribution in [0.15, 0.2) is 17.3 Å². The number of halogens is 1. The summed E-state index contributed by atoms with van der Waals surface area (Å²) in [5, 5.41) is 4.11. The average Bonchev–Trinajstić information content (AvgIpc) is 3.33. The molecule has 8 heteroatoms. The fourth-order valence-corrected chi connectivity index (χ4v) is 4.20. The number of aromatic amines is 1. The summed E-state index contributed by atoms with van der Waals surface area (Å²) < 4.78 is 0. The van der Waals surface area contributed by atoms with E-state index in [1.807, 2.05) is 12.4 Å². The summed E-state index contributed by atoms with van der Waals surface area (Å²) in [4.78, 5) is 23.5. The topological polar surface area (TPSA) is 87.0 Å². The SMILES string of the molecule is CSc1cnc2[nH]cc(NC(=O)CC3CC3)c2c1N1CCCC(N)C1.Cl. The number of hydrogen-bond donors (Lipinski definition) is 3. The van der Waals surface area contributed by atoms with E-state index < -0.39 is 0 Å². The molecule has 2 aliphatic rings. The maximum Gasteiger partial charge on any atom is 0.224 e. The number of fused-ring (bicyclic) bond motifs is 1. The van der Waals surface area contributed by atoms with Crippen LogP contribution in [0.5, 0.6) is 0 Å². The molecule has 1 aliphatic carbocycles. The highest BCUT2D eigenvalue weighted by atomic mass is 35.5. The van der Waals surface area contributed by atoms with Crippen LogP contribution in [-0.4, -0.2) is 41.3 Å². The largest absolute Gasteiger partial charge is 0.368 e. The lowest BCUT2D eigenvalue weighted by molar-refractivity contribution is -0.116. The zero-order chi connectivity index (χ0) is 17.4. The van der Waals surface area contributed by atoms with E-state index in [0.717, 1.165) is 53.2 Å². The molecule has 1 saturated carbocycles. The number of aromatic nitrogens is 2. The van der Waals surface area contributed by atoms with Crippen molar-refractivity contribution in [1.29, 1.82) is 0 Å². The highest BCUT2D eigenvalue weighted by Gasteiger charge is 2.27. The fraction of sp³-hybridized carbons (Fsp3) is 0.556. The Kier molecular flexibility index (Phi) is 5.99. The van der Waals surface area contributed by atoms with Crippen molar-refractivity contribution in [3.63, 3.8) is 0 Å². The number of H-pyrrole nitrogens is 1. The molecule has 2 aromatic heterocycles. The number of pyridine rings is 1. The van der Waals surface area contributed by atoms with E-state index in [1.54, 1.807) is 11.8 Å². The predicted molar refractivity (Wildman–Crippen MR) is 111 cm³/mol. The number of carbonyl (C=O) groups is 1. The first-order valence-corrected chi connectivity index (χ1v) is 10.2. The number of amides is 1. The van der Waals surface area contributed by atoms with Crippen LogP contribution in [0.3, 0.4) is 0 Å². The number of nitrogens with two attached hydrogens (primary N) is 1. The molecule has 1 amide bonds. The van der Waals surface area contributed by atoms with Gasteiger partial charge in [0.1, 0.15) is 5.65 Å². The van der Waals surface area contributed by atoms with Crippen LogP contribution in [-0.2, 0) is 4.79 Å². The van der Waals surface area contributed by atoms with Gasteiger partial charge >= 0.3 is 0 Å². The van der Waals surface area contributed by atoms with E-state index in [1.165, 1.54) is 12.8 Å². The summed E-state index contributed by atoms with van der Waals surface area (Å²) in [7, 11) is 0. The second kappa shape index (κ2) is 8.06. The van der Waals surface area contributed by atoms with Crippen molar-refractivity contribution in [3.05, 3.63) is 12.4 Å². The zero-order valence-electron chi connectivity index (χ0n) is 15.0. The summed E-state index contributed by atoms with van der Waals surface area (Å²) in [5.74, 6) is 0.670. The molecule has 4 N–H and O–H groups in total. The standard InChI is InChI=1S/C18H25N5OS.ClH/c1-25-14-9-21-18-16(17(14)23-6-2-3-12(19)10-23)13(8-20-18)22-15(24)7-11-4-5-11;/h8-9,11-12H,2-7,10,19H2,1H3,(H,20,21)(H,22,24);1H. The Labute approximate surface area is 164 Å². The number of piperidine rings is 1. The van der Waals surface area contributed by atoms with Crippen molar-refractivity contribution in [3.8, 4) is 0 Å². The number of thioether (sulfide) groups is 1. The Morgan fingerprint density at radius 1 is 1.46 bits per heavy atom. The van der Waals surface area contributed by atoms with Gasteiger partial charge in [-0.25, -0.2) is 4.98 Å². The molecule has 0 radical (unpaired) electrons. The minimum Gasteiger partial charge on any atom is -0.368 e. The summed E-state index contributed by atoms with van der Waals surface area (Å²) in [6.45, 7) is 1.83. The first kappa shape index (κ1) is 19.3. The molecule has 2 fully saturated rings. The maximum atomic E-state index is 12.3. The second-order valence-corrected chi connectivity index (χ2v) is 7.99. The molecule has 4 rings (SSSR count). The molecule has 1 unspecified atom stereocenters. The molecule has 1 aliphatic heterocycles. The van der Waals surface area contributed by atoms with E-state index in [9.17, 15) is 4.79 Å². The smallest absolute Gasteiger partial charge is 0.224 e. The molecule has 3 heterocycles. The summed E-state index contributed by atoms with van der Waals surface area (Å²) >= 11 is 1.69. The van der Waals surface area contributed by atoms with E-state index >= 15 is 0 Å². The number of anilines is 2. The Bertz CT molecular complexity index is 791. The summed E-state index contributed by atoms with van der Waals surface area (Å²) in [5.41, 5.74) is 9.01. The van der Waals surface area contributed by atoms with E-state index in [-0.39, 0.29) is 24.4 Å². The van der Waals surface area contributed by atoms with Gasteiger partial charge in [0.25, 0.3) is 0 Å². The Hall–Kier alpha value is -1.44. The van der Waals surface area contributed by atoms with Crippen LogP contribution in [0, 0.1) is 5.92 Å². The van der Waals surface area contributed by atoms with Crippen LogP contribution in [0.1, 0.15) is 32.1 Å². The van der Waals surface area contributed by atoms with Crippen molar-refractivity contribution in [2.75, 3.05) is 29.6 Å². The zero-order valence-corrected chi connectivity index (χ0v) is 16.6. The maximum absolute atomic E-state index is 12.3. The van der Waals surface area contributed by atoms with E-state index in [2.05, 4.69) is 26.4 Å². The number of rotatable bonds is 5. The monoisotopic (exact) mass is 395 g/mol. The lowest BCUT2D eigenvalue weighted by atomic mass is 10.1. The Morgan fingerprint density at radius 2 is 2.27 bits per heavy atom. The van der Waals surface area contributed by atoms with Gasteiger partial charge in [0.15, 0.2) is 0 Å². The molecular weight excluding hydrogens is 370 g/mol. The fourth-order valence-electron chi connectivity index (χ4n) is 3.62. The van der Waals surface area contributed by atoms with Gasteiger partial charge in [0.2, 0.25) is 5.91 Å². The van der Waals surface area contributed by atoms with Crippen LogP contribution >= 0.6 is 24.2 Å². The third kappa shape index (κ3) is 3.94. The normalized spacial score (nSPS) is 20.1. The molecule has 6 nitrogen and oxygen atoms in total. The minimum absolute atomic E-state index is 0. The third-order valence-electron chi connectivity index (χ3n) is 5.08. The van der Waals surface area contributed by atoms with Crippen molar-refractivity contribution in [2.45, 2.75) is 43.0 Å². The molecule has 0 bridgehead atoms. The van der Waals surface area contributed by atoms with Crippen molar-refractivity contribution in [1.82, 2.24) is 9.97 Å². The lowest BCUT2D eigenvalue weighted by Gasteiger charge is -2.34. The Morgan fingerprint density at radius 3 is 2.96 bits per heavy atom. The molecule has 0 aromatic carbocycles. The first-order chi connectivity index (χ1) is 12.2. The van der Waals surface area contributed by atoms with Crippen LogP contribution in [0.25, 0.3) is 11.0 Å². The van der Waals surface area contributed by atoms with Crippen molar-refractivity contribution in [2.24, 2.45) is 11.7 Å². The van der Waals surface area contributed by atoms with Crippen molar-refractivity contribution >= 4 is 52.5 Å². The number of carbonyl (C=O) groups excluding carboxylic acids is 1. The molecule has 2 aromatic rings. The van der Waals surface area contributed by atoms with Crippen LogP contribution in [0.4, 0.5) is 11.4 Å². The summed E-state index contributed by atoms with van der Waals surface area (Å²) in [6.07, 6.45) is 11.0. The predicted octanol–water partition coefficient (Wildman–Crippen LogP) is 3.37.